The summed E-state index contributed by atoms with van der Waals surface area (Å²) in [6.45, 7) is 1.71. The van der Waals surface area contributed by atoms with Crippen molar-refractivity contribution in [3.8, 4) is 11.4 Å². The molecule has 0 radical (unpaired) electrons. The molecule has 0 aliphatic carbocycles. The molecule has 0 aliphatic rings. The molecule has 7 heteroatoms. The Morgan fingerprint density at radius 1 is 1.12 bits per heavy atom. The van der Waals surface area contributed by atoms with Gasteiger partial charge in [0, 0.05) is 17.1 Å². The molecule has 4 rings (SSSR count). The lowest BCUT2D eigenvalue weighted by Gasteiger charge is -2.06. The monoisotopic (exact) mass is 410 g/mol. The first kappa shape index (κ1) is 16.7. The predicted octanol–water partition coefficient (Wildman–Crippen LogP) is 3.65. The van der Waals surface area contributed by atoms with E-state index >= 15 is 0 Å². The van der Waals surface area contributed by atoms with Crippen LogP contribution in [0.1, 0.15) is 17.1 Å². The molecule has 2 aromatic carbocycles. The molecule has 0 saturated carbocycles. The third-order valence-electron chi connectivity index (χ3n) is 4.23. The Labute approximate surface area is 157 Å². The zero-order valence-corrected chi connectivity index (χ0v) is 15.8. The normalized spacial score (nSPS) is 11.2. The summed E-state index contributed by atoms with van der Waals surface area (Å²) in [5.74, 6) is 1.05. The lowest BCUT2D eigenvalue weighted by atomic mass is 10.1. The van der Waals surface area contributed by atoms with Crippen LogP contribution in [0.5, 0.6) is 0 Å². The second-order valence-electron chi connectivity index (χ2n) is 6.08. The number of aromatic nitrogens is 4. The summed E-state index contributed by atoms with van der Waals surface area (Å²) in [5, 5.41) is 4.08. The van der Waals surface area contributed by atoms with Crippen LogP contribution in [0.15, 0.2) is 56.3 Å². The fourth-order valence-electron chi connectivity index (χ4n) is 2.84. The fraction of sp³-hybridized carbons (Fsp3) is 0.158. The van der Waals surface area contributed by atoms with Crippen molar-refractivity contribution >= 4 is 27.0 Å². The van der Waals surface area contributed by atoms with Gasteiger partial charge in [-0.1, -0.05) is 33.2 Å². The Bertz CT molecular complexity index is 1160. The first-order chi connectivity index (χ1) is 12.5. The van der Waals surface area contributed by atoms with Crippen molar-refractivity contribution < 1.29 is 4.52 Å². The van der Waals surface area contributed by atoms with Crippen molar-refractivity contribution in [3.05, 3.63) is 74.4 Å². The highest BCUT2D eigenvalue weighted by Crippen LogP contribution is 2.21. The molecule has 0 fully saturated rings. The van der Waals surface area contributed by atoms with Crippen LogP contribution in [0.4, 0.5) is 0 Å². The fourth-order valence-corrected chi connectivity index (χ4v) is 3.10. The van der Waals surface area contributed by atoms with E-state index in [1.165, 1.54) is 0 Å². The molecule has 6 nitrogen and oxygen atoms in total. The first-order valence-corrected chi connectivity index (χ1v) is 8.85. The summed E-state index contributed by atoms with van der Waals surface area (Å²) >= 11 is 3.42. The Hall–Kier alpha value is -2.80. The Morgan fingerprint density at radius 3 is 2.65 bits per heavy atom. The minimum Gasteiger partial charge on any atom is -0.339 e. The van der Waals surface area contributed by atoms with Crippen molar-refractivity contribution in [2.45, 2.75) is 13.3 Å². The molecule has 0 bridgehead atoms. The molecular weight excluding hydrogens is 396 g/mol. The molecular formula is C19H15BrN4O2. The van der Waals surface area contributed by atoms with E-state index in [0.29, 0.717) is 23.8 Å². The number of benzene rings is 2. The van der Waals surface area contributed by atoms with E-state index in [4.69, 9.17) is 4.52 Å². The number of hydrogen-bond donors (Lipinski definition) is 0. The van der Waals surface area contributed by atoms with Crippen LogP contribution in [0.2, 0.25) is 0 Å². The van der Waals surface area contributed by atoms with Crippen molar-refractivity contribution in [2.75, 3.05) is 0 Å². The topological polar surface area (TPSA) is 73.8 Å². The molecule has 26 heavy (non-hydrogen) atoms. The quantitative estimate of drug-likeness (QED) is 0.515. The lowest BCUT2D eigenvalue weighted by molar-refractivity contribution is 0.385. The molecule has 0 atom stereocenters. The van der Waals surface area contributed by atoms with E-state index in [1.54, 1.807) is 18.5 Å². The summed E-state index contributed by atoms with van der Waals surface area (Å²) in [5.41, 5.74) is 3.75. The summed E-state index contributed by atoms with van der Waals surface area (Å²) in [4.78, 5) is 20.9. The van der Waals surface area contributed by atoms with Crippen LogP contribution in [0.3, 0.4) is 0 Å². The van der Waals surface area contributed by atoms with Gasteiger partial charge >= 0.3 is 0 Å². The molecule has 0 spiro atoms. The van der Waals surface area contributed by atoms with Gasteiger partial charge in [0.1, 0.15) is 5.69 Å². The summed E-state index contributed by atoms with van der Waals surface area (Å²) in [7, 11) is 1.74. The third-order valence-corrected chi connectivity index (χ3v) is 4.76. The maximum absolute atomic E-state index is 12.0. The van der Waals surface area contributed by atoms with Crippen LogP contribution in [0, 0.1) is 6.92 Å². The standard InChI is InChI=1S/C19H15BrN4O2/c1-11-19(25)24(2)16-8-5-13(10-15(16)21-11)18-22-17(26-23-18)9-12-3-6-14(20)7-4-12/h3-8,10H,9H2,1-2H3. The van der Waals surface area contributed by atoms with Gasteiger partial charge in [-0.15, -0.1) is 0 Å². The van der Waals surface area contributed by atoms with Gasteiger partial charge in [0.2, 0.25) is 11.7 Å². The molecule has 0 N–H and O–H groups in total. The SMILES string of the molecule is Cc1nc2cc(-c3noc(Cc4ccc(Br)cc4)n3)ccc2n(C)c1=O. The van der Waals surface area contributed by atoms with Gasteiger partial charge in [0.25, 0.3) is 5.56 Å². The third kappa shape index (κ3) is 3.06. The average Bonchev–Trinajstić information content (AvgIpc) is 3.10. The molecule has 2 heterocycles. The molecule has 0 saturated heterocycles. The van der Waals surface area contributed by atoms with E-state index in [0.717, 1.165) is 26.6 Å². The number of nitrogens with zero attached hydrogens (tertiary/aromatic N) is 4. The van der Waals surface area contributed by atoms with Crippen molar-refractivity contribution in [3.63, 3.8) is 0 Å². The van der Waals surface area contributed by atoms with Gasteiger partial charge < -0.3 is 9.09 Å². The highest BCUT2D eigenvalue weighted by Gasteiger charge is 2.12. The minimum atomic E-state index is -0.0957. The van der Waals surface area contributed by atoms with Crippen LogP contribution in [-0.2, 0) is 13.5 Å². The minimum absolute atomic E-state index is 0.0957. The van der Waals surface area contributed by atoms with Crippen molar-refractivity contribution in [1.82, 2.24) is 19.7 Å². The van der Waals surface area contributed by atoms with Crippen LogP contribution >= 0.6 is 15.9 Å². The number of aryl methyl sites for hydroxylation is 2. The van der Waals surface area contributed by atoms with Crippen LogP contribution in [-0.4, -0.2) is 19.7 Å². The highest BCUT2D eigenvalue weighted by molar-refractivity contribution is 9.10. The molecule has 4 aromatic rings. The van der Waals surface area contributed by atoms with Gasteiger partial charge in [-0.2, -0.15) is 4.98 Å². The summed E-state index contributed by atoms with van der Waals surface area (Å²) < 4.78 is 8.01. The average molecular weight is 411 g/mol. The molecule has 0 amide bonds. The number of rotatable bonds is 3. The largest absolute Gasteiger partial charge is 0.339 e. The number of halogens is 1. The van der Waals surface area contributed by atoms with Gasteiger partial charge in [0.15, 0.2) is 0 Å². The molecule has 130 valence electrons. The second kappa shape index (κ2) is 6.49. The molecule has 0 unspecified atom stereocenters. The Balaban J connectivity index is 1.68. The maximum Gasteiger partial charge on any atom is 0.272 e. The van der Waals surface area contributed by atoms with Gasteiger partial charge in [-0.05, 0) is 42.8 Å². The molecule has 2 aromatic heterocycles. The summed E-state index contributed by atoms with van der Waals surface area (Å²) in [6, 6.07) is 13.6. The van der Waals surface area contributed by atoms with Gasteiger partial charge in [-0.3, -0.25) is 4.79 Å². The number of hydrogen-bond acceptors (Lipinski definition) is 5. The van der Waals surface area contributed by atoms with Gasteiger partial charge in [-0.25, -0.2) is 4.98 Å². The van der Waals surface area contributed by atoms with Crippen LogP contribution < -0.4 is 5.56 Å². The molecule has 0 aliphatic heterocycles. The van der Waals surface area contributed by atoms with Crippen molar-refractivity contribution in [1.29, 1.82) is 0 Å². The number of fused-ring (bicyclic) bond motifs is 1. The maximum atomic E-state index is 12.0. The van der Waals surface area contributed by atoms with E-state index in [1.807, 2.05) is 42.5 Å². The smallest absolute Gasteiger partial charge is 0.272 e. The second-order valence-corrected chi connectivity index (χ2v) is 7.00. The van der Waals surface area contributed by atoms with E-state index in [-0.39, 0.29) is 5.56 Å². The Kier molecular flexibility index (Phi) is 4.16. The highest BCUT2D eigenvalue weighted by atomic mass is 79.9. The van der Waals surface area contributed by atoms with E-state index in [2.05, 4.69) is 31.1 Å². The van der Waals surface area contributed by atoms with E-state index in [9.17, 15) is 4.79 Å². The van der Waals surface area contributed by atoms with Crippen LogP contribution in [0.25, 0.3) is 22.4 Å². The van der Waals surface area contributed by atoms with Crippen molar-refractivity contribution in [2.24, 2.45) is 7.05 Å². The summed E-state index contributed by atoms with van der Waals surface area (Å²) in [6.07, 6.45) is 0.569. The van der Waals surface area contributed by atoms with Gasteiger partial charge in [0.05, 0.1) is 17.5 Å². The zero-order chi connectivity index (χ0) is 18.3. The van der Waals surface area contributed by atoms with E-state index < -0.39 is 0 Å². The predicted molar refractivity (Wildman–Crippen MR) is 102 cm³/mol. The Morgan fingerprint density at radius 2 is 1.88 bits per heavy atom. The zero-order valence-electron chi connectivity index (χ0n) is 14.2. The first-order valence-electron chi connectivity index (χ1n) is 8.06. The lowest BCUT2D eigenvalue weighted by Crippen LogP contribution is -2.21.